The summed E-state index contributed by atoms with van der Waals surface area (Å²) in [5.41, 5.74) is 0.485. The summed E-state index contributed by atoms with van der Waals surface area (Å²) in [6.45, 7) is 0.172. The highest BCUT2D eigenvalue weighted by atomic mass is 35.5. The molecule has 0 radical (unpaired) electrons. The molecule has 0 fully saturated rings. The Bertz CT molecular complexity index is 1150. The van der Waals surface area contributed by atoms with Crippen LogP contribution in [0, 0.1) is 5.82 Å². The molecule has 27 heavy (non-hydrogen) atoms. The van der Waals surface area contributed by atoms with Crippen LogP contribution in [-0.2, 0) is 16.4 Å². The molecule has 0 bridgehead atoms. The van der Waals surface area contributed by atoms with Crippen LogP contribution in [0.3, 0.4) is 0 Å². The Morgan fingerprint density at radius 3 is 2.56 bits per heavy atom. The van der Waals surface area contributed by atoms with E-state index in [1.54, 1.807) is 24.3 Å². The highest BCUT2D eigenvalue weighted by Gasteiger charge is 2.21. The largest absolute Gasteiger partial charge is 0.506 e. The van der Waals surface area contributed by atoms with Crippen molar-refractivity contribution >= 4 is 38.2 Å². The summed E-state index contributed by atoms with van der Waals surface area (Å²) in [5.74, 6) is -2.04. The summed E-state index contributed by atoms with van der Waals surface area (Å²) < 4.78 is 37.5. The number of hydrogen-bond donors (Lipinski definition) is 2. The molecule has 3 rings (SSSR count). The van der Waals surface area contributed by atoms with Crippen LogP contribution in [0.5, 0.6) is 5.75 Å². The van der Waals surface area contributed by atoms with E-state index < -0.39 is 27.3 Å². The fourth-order valence-electron chi connectivity index (χ4n) is 2.55. The number of hydrogen-bond acceptors (Lipinski definition) is 5. The number of aromatic hydroxyl groups is 1. The molecule has 1 amide bonds. The quantitative estimate of drug-likeness (QED) is 0.691. The number of amides is 1. The average Bonchev–Trinajstić information content (AvgIpc) is 2.60. The van der Waals surface area contributed by atoms with Crippen molar-refractivity contribution in [3.8, 4) is 5.75 Å². The lowest BCUT2D eigenvalue weighted by Gasteiger charge is -2.11. The standard InChI is InChI=1S/C18H14ClFN2O4S/c1-27(25,26)15-7-12(20)6-13-16(15)21-9-14(17(13)23)18(24)22-8-10-2-4-11(19)5-3-10/h2-7,9H,8H2,1H3,(H,21,23)(H,22,24). The molecule has 0 spiro atoms. The molecule has 0 saturated heterocycles. The van der Waals surface area contributed by atoms with Crippen molar-refractivity contribution in [1.82, 2.24) is 10.3 Å². The number of benzene rings is 2. The lowest BCUT2D eigenvalue weighted by Crippen LogP contribution is -2.23. The van der Waals surface area contributed by atoms with Crippen LogP contribution in [0.1, 0.15) is 15.9 Å². The Hall–Kier alpha value is -2.71. The zero-order valence-corrected chi connectivity index (χ0v) is 15.6. The van der Waals surface area contributed by atoms with Gasteiger partial charge in [-0.05, 0) is 29.8 Å². The Balaban J connectivity index is 1.96. The van der Waals surface area contributed by atoms with Gasteiger partial charge in [0.15, 0.2) is 9.84 Å². The molecule has 9 heteroatoms. The van der Waals surface area contributed by atoms with Crippen LogP contribution in [0.4, 0.5) is 4.39 Å². The summed E-state index contributed by atoms with van der Waals surface area (Å²) in [7, 11) is -3.78. The van der Waals surface area contributed by atoms with Gasteiger partial charge in [0.25, 0.3) is 5.91 Å². The van der Waals surface area contributed by atoms with Crippen LogP contribution >= 0.6 is 11.6 Å². The number of carbonyl (C=O) groups is 1. The molecule has 0 aliphatic heterocycles. The summed E-state index contributed by atoms with van der Waals surface area (Å²) in [4.78, 5) is 16.0. The van der Waals surface area contributed by atoms with Gasteiger partial charge in [0, 0.05) is 29.4 Å². The maximum absolute atomic E-state index is 13.8. The normalized spacial score (nSPS) is 11.5. The molecular weight excluding hydrogens is 395 g/mol. The van der Waals surface area contributed by atoms with Gasteiger partial charge in [-0.25, -0.2) is 12.8 Å². The fraction of sp³-hybridized carbons (Fsp3) is 0.111. The summed E-state index contributed by atoms with van der Waals surface area (Å²) in [6.07, 6.45) is 1.97. The number of rotatable bonds is 4. The first-order valence-corrected chi connectivity index (χ1v) is 9.97. The second-order valence-electron chi connectivity index (χ2n) is 5.90. The third-order valence-corrected chi connectivity index (χ3v) is 5.25. The van der Waals surface area contributed by atoms with Gasteiger partial charge in [0.05, 0.1) is 10.4 Å². The molecule has 1 aromatic heterocycles. The van der Waals surface area contributed by atoms with Crippen molar-refractivity contribution < 1.29 is 22.7 Å². The molecule has 2 aromatic carbocycles. The molecule has 6 nitrogen and oxygen atoms in total. The average molecular weight is 409 g/mol. The summed E-state index contributed by atoms with van der Waals surface area (Å²) in [6, 6.07) is 8.57. The topological polar surface area (TPSA) is 96.4 Å². The van der Waals surface area contributed by atoms with Gasteiger partial charge >= 0.3 is 0 Å². The second-order valence-corrected chi connectivity index (χ2v) is 8.32. The number of halogens is 2. The predicted octanol–water partition coefficient (Wildman–Crippen LogP) is 3.07. The molecule has 3 aromatic rings. The highest BCUT2D eigenvalue weighted by molar-refractivity contribution is 7.91. The zero-order valence-electron chi connectivity index (χ0n) is 14.0. The smallest absolute Gasteiger partial charge is 0.256 e. The molecular formula is C18H14ClFN2O4S. The van der Waals surface area contributed by atoms with E-state index in [-0.39, 0.29) is 27.9 Å². The molecule has 0 aliphatic rings. The number of nitrogens with one attached hydrogen (secondary N) is 1. The van der Waals surface area contributed by atoms with E-state index in [4.69, 9.17) is 11.6 Å². The Morgan fingerprint density at radius 2 is 1.93 bits per heavy atom. The zero-order chi connectivity index (χ0) is 19.8. The van der Waals surface area contributed by atoms with Gasteiger partial charge in [0.1, 0.15) is 17.1 Å². The van der Waals surface area contributed by atoms with Gasteiger partial charge in [-0.2, -0.15) is 0 Å². The van der Waals surface area contributed by atoms with Crippen molar-refractivity contribution in [2.24, 2.45) is 0 Å². The summed E-state index contributed by atoms with van der Waals surface area (Å²) in [5, 5.41) is 13.4. The second kappa shape index (κ2) is 7.13. The van der Waals surface area contributed by atoms with Crippen LogP contribution in [0.15, 0.2) is 47.5 Å². The first-order valence-electron chi connectivity index (χ1n) is 7.71. The monoisotopic (exact) mass is 408 g/mol. The number of sulfone groups is 1. The van der Waals surface area contributed by atoms with Gasteiger partial charge in [-0.15, -0.1) is 0 Å². The first-order chi connectivity index (χ1) is 12.7. The molecule has 1 heterocycles. The van der Waals surface area contributed by atoms with E-state index in [0.717, 1.165) is 30.1 Å². The van der Waals surface area contributed by atoms with Crippen LogP contribution in [0.2, 0.25) is 5.02 Å². The first kappa shape index (κ1) is 19.1. The minimum Gasteiger partial charge on any atom is -0.506 e. The Labute approximate surface area is 159 Å². The Morgan fingerprint density at radius 1 is 1.26 bits per heavy atom. The number of pyridine rings is 1. The van der Waals surface area contributed by atoms with Crippen LogP contribution in [-0.4, -0.2) is 30.7 Å². The fourth-order valence-corrected chi connectivity index (χ4v) is 3.52. The molecule has 2 N–H and O–H groups in total. The van der Waals surface area contributed by atoms with E-state index in [1.165, 1.54) is 0 Å². The van der Waals surface area contributed by atoms with E-state index in [9.17, 15) is 22.7 Å². The van der Waals surface area contributed by atoms with Crippen LogP contribution in [0.25, 0.3) is 10.9 Å². The SMILES string of the molecule is CS(=O)(=O)c1cc(F)cc2c(O)c(C(=O)NCc3ccc(Cl)cc3)cnc12. The third kappa shape index (κ3) is 4.01. The number of carbonyl (C=O) groups excluding carboxylic acids is 1. The molecule has 0 atom stereocenters. The van der Waals surface area contributed by atoms with Gasteiger partial charge in [-0.3, -0.25) is 9.78 Å². The van der Waals surface area contributed by atoms with Crippen LogP contribution < -0.4 is 5.32 Å². The minimum absolute atomic E-state index is 0.106. The molecule has 0 saturated carbocycles. The predicted molar refractivity (Wildman–Crippen MR) is 99.1 cm³/mol. The van der Waals surface area contributed by atoms with Gasteiger partial charge in [-0.1, -0.05) is 23.7 Å². The maximum atomic E-state index is 13.8. The maximum Gasteiger partial charge on any atom is 0.256 e. The van der Waals surface area contributed by atoms with Crippen molar-refractivity contribution in [3.05, 3.63) is 64.6 Å². The van der Waals surface area contributed by atoms with Crippen molar-refractivity contribution in [1.29, 1.82) is 0 Å². The highest BCUT2D eigenvalue weighted by Crippen LogP contribution is 2.32. The molecule has 140 valence electrons. The van der Waals surface area contributed by atoms with Crippen molar-refractivity contribution in [3.63, 3.8) is 0 Å². The van der Waals surface area contributed by atoms with E-state index in [2.05, 4.69) is 10.3 Å². The van der Waals surface area contributed by atoms with Crippen molar-refractivity contribution in [2.45, 2.75) is 11.4 Å². The molecule has 0 aliphatic carbocycles. The molecule has 0 unspecified atom stereocenters. The Kier molecular flexibility index (Phi) is 5.03. The van der Waals surface area contributed by atoms with E-state index >= 15 is 0 Å². The minimum atomic E-state index is -3.78. The lowest BCUT2D eigenvalue weighted by molar-refractivity contribution is 0.0948. The summed E-state index contributed by atoms with van der Waals surface area (Å²) >= 11 is 5.80. The van der Waals surface area contributed by atoms with E-state index in [0.29, 0.717) is 5.02 Å². The number of fused-ring (bicyclic) bond motifs is 1. The van der Waals surface area contributed by atoms with Gasteiger partial charge < -0.3 is 10.4 Å². The third-order valence-electron chi connectivity index (χ3n) is 3.88. The number of nitrogens with zero attached hydrogens (tertiary/aromatic N) is 1. The number of aromatic nitrogens is 1. The lowest BCUT2D eigenvalue weighted by atomic mass is 10.1. The van der Waals surface area contributed by atoms with Crippen molar-refractivity contribution in [2.75, 3.05) is 6.26 Å². The van der Waals surface area contributed by atoms with E-state index in [1.807, 2.05) is 0 Å². The van der Waals surface area contributed by atoms with Gasteiger partial charge in [0.2, 0.25) is 0 Å².